The molecule has 0 fully saturated rings. The number of esters is 1. The van der Waals surface area contributed by atoms with Crippen LogP contribution in [-0.2, 0) is 4.74 Å². The van der Waals surface area contributed by atoms with Gasteiger partial charge in [-0.1, -0.05) is 0 Å². The van der Waals surface area contributed by atoms with E-state index in [0.717, 1.165) is 0 Å². The third kappa shape index (κ3) is 1.74. The van der Waals surface area contributed by atoms with Gasteiger partial charge in [0.25, 0.3) is 0 Å². The third-order valence-corrected chi connectivity index (χ3v) is 2.06. The molecule has 0 amide bonds. The van der Waals surface area contributed by atoms with Gasteiger partial charge in [-0.25, -0.2) is 4.79 Å². The van der Waals surface area contributed by atoms with Crippen LogP contribution in [0.25, 0.3) is 0 Å². The first kappa shape index (κ1) is 8.56. The number of nitrogens with zero attached hydrogens (tertiary/aromatic N) is 1. The molecule has 0 radical (unpaired) electrons. The lowest BCUT2D eigenvalue weighted by Gasteiger charge is -1.97. The molecular weight excluding hydrogens is 176 g/mol. The number of anilines is 1. The molecule has 0 bridgehead atoms. The van der Waals surface area contributed by atoms with E-state index < -0.39 is 5.97 Å². The van der Waals surface area contributed by atoms with Gasteiger partial charge >= 0.3 is 5.97 Å². The van der Waals surface area contributed by atoms with Crippen molar-refractivity contribution in [2.75, 3.05) is 12.3 Å². The molecule has 0 aliphatic rings. The van der Waals surface area contributed by atoms with Crippen LogP contribution in [0.1, 0.15) is 9.67 Å². The highest BCUT2D eigenvalue weighted by atomic mass is 32.1. The smallest absolute Gasteiger partial charge is 0.351 e. The number of nitriles is 1. The summed E-state index contributed by atoms with van der Waals surface area (Å²) in [6, 6.07) is 3.32. The minimum absolute atomic E-state index is 0.240. The molecule has 1 rings (SSSR count). The van der Waals surface area contributed by atoms with Crippen molar-refractivity contribution in [3.05, 3.63) is 16.3 Å². The molecule has 12 heavy (non-hydrogen) atoms. The summed E-state index contributed by atoms with van der Waals surface area (Å²) in [4.78, 5) is 11.4. The molecule has 0 aromatic carbocycles. The van der Waals surface area contributed by atoms with E-state index in [1.807, 2.05) is 0 Å². The fraction of sp³-hybridized carbons (Fsp3) is 0.143. The van der Waals surface area contributed by atoms with E-state index in [0.29, 0.717) is 10.6 Å². The second kappa shape index (κ2) is 3.74. The van der Waals surface area contributed by atoms with Gasteiger partial charge in [-0.05, 0) is 11.4 Å². The molecule has 5 heteroatoms. The van der Waals surface area contributed by atoms with Crippen molar-refractivity contribution in [1.82, 2.24) is 0 Å². The van der Waals surface area contributed by atoms with Crippen LogP contribution in [-0.4, -0.2) is 12.6 Å². The molecular formula is C7H6N2O2S. The van der Waals surface area contributed by atoms with Crippen LogP contribution in [0.2, 0.25) is 0 Å². The van der Waals surface area contributed by atoms with Crippen molar-refractivity contribution in [1.29, 1.82) is 5.26 Å². The Morgan fingerprint density at radius 3 is 3.08 bits per heavy atom. The second-order valence-electron chi connectivity index (χ2n) is 1.94. The van der Waals surface area contributed by atoms with E-state index in [1.165, 1.54) is 11.3 Å². The van der Waals surface area contributed by atoms with Gasteiger partial charge in [0.2, 0.25) is 0 Å². The number of rotatable bonds is 2. The quantitative estimate of drug-likeness (QED) is 0.692. The third-order valence-electron chi connectivity index (χ3n) is 1.15. The average molecular weight is 182 g/mol. The Morgan fingerprint density at radius 2 is 2.58 bits per heavy atom. The van der Waals surface area contributed by atoms with Crippen LogP contribution in [0.4, 0.5) is 5.69 Å². The van der Waals surface area contributed by atoms with E-state index in [1.54, 1.807) is 17.5 Å². The SMILES string of the molecule is N#CCOC(=O)c1sccc1N. The standard InChI is InChI=1S/C7H6N2O2S/c8-2-3-11-7(10)6-5(9)1-4-12-6/h1,4H,3,9H2. The van der Waals surface area contributed by atoms with Gasteiger partial charge in [-0.3, -0.25) is 0 Å². The summed E-state index contributed by atoms with van der Waals surface area (Å²) < 4.78 is 4.55. The monoisotopic (exact) mass is 182 g/mol. The van der Waals surface area contributed by atoms with Gasteiger partial charge in [-0.2, -0.15) is 5.26 Å². The maximum Gasteiger partial charge on any atom is 0.351 e. The Bertz CT molecular complexity index is 326. The maximum atomic E-state index is 11.0. The Kier molecular flexibility index (Phi) is 2.66. The zero-order valence-corrected chi connectivity index (χ0v) is 6.93. The minimum atomic E-state index is -0.538. The first-order chi connectivity index (χ1) is 5.75. The molecule has 2 N–H and O–H groups in total. The normalized spacial score (nSPS) is 8.92. The minimum Gasteiger partial charge on any atom is -0.446 e. The van der Waals surface area contributed by atoms with Crippen molar-refractivity contribution in [2.45, 2.75) is 0 Å². The predicted molar refractivity (Wildman–Crippen MR) is 44.6 cm³/mol. The highest BCUT2D eigenvalue weighted by molar-refractivity contribution is 7.12. The molecule has 1 heterocycles. The van der Waals surface area contributed by atoms with Gasteiger partial charge in [0.05, 0.1) is 5.69 Å². The Morgan fingerprint density at radius 1 is 1.83 bits per heavy atom. The van der Waals surface area contributed by atoms with E-state index >= 15 is 0 Å². The maximum absolute atomic E-state index is 11.0. The summed E-state index contributed by atoms with van der Waals surface area (Å²) in [6.07, 6.45) is 0. The molecule has 0 saturated carbocycles. The van der Waals surface area contributed by atoms with Crippen LogP contribution in [0.5, 0.6) is 0 Å². The van der Waals surface area contributed by atoms with Crippen molar-refractivity contribution >= 4 is 23.0 Å². The van der Waals surface area contributed by atoms with E-state index in [-0.39, 0.29) is 6.61 Å². The van der Waals surface area contributed by atoms with Crippen molar-refractivity contribution < 1.29 is 9.53 Å². The van der Waals surface area contributed by atoms with Gasteiger partial charge in [0, 0.05) is 0 Å². The largest absolute Gasteiger partial charge is 0.446 e. The Balaban J connectivity index is 2.67. The predicted octanol–water partition coefficient (Wildman–Crippen LogP) is 1.01. The van der Waals surface area contributed by atoms with Crippen molar-refractivity contribution in [3.8, 4) is 6.07 Å². The van der Waals surface area contributed by atoms with Gasteiger partial charge in [0.15, 0.2) is 6.61 Å². The lowest BCUT2D eigenvalue weighted by molar-refractivity contribution is 0.0562. The highest BCUT2D eigenvalue weighted by Gasteiger charge is 2.11. The summed E-state index contributed by atoms with van der Waals surface area (Å²) >= 11 is 1.20. The number of ether oxygens (including phenoxy) is 1. The number of hydrogen-bond acceptors (Lipinski definition) is 5. The molecule has 0 aliphatic carbocycles. The van der Waals surface area contributed by atoms with Crippen LogP contribution in [0, 0.1) is 11.3 Å². The molecule has 0 saturated heterocycles. The lowest BCUT2D eigenvalue weighted by Crippen LogP contribution is -2.05. The Labute approximate surface area is 73.2 Å². The van der Waals surface area contributed by atoms with Crippen molar-refractivity contribution in [2.24, 2.45) is 0 Å². The Hall–Kier alpha value is -1.54. The molecule has 0 spiro atoms. The zero-order valence-electron chi connectivity index (χ0n) is 6.11. The molecule has 0 unspecified atom stereocenters. The highest BCUT2D eigenvalue weighted by Crippen LogP contribution is 2.19. The van der Waals surface area contributed by atoms with E-state index in [4.69, 9.17) is 11.0 Å². The average Bonchev–Trinajstić information content (AvgIpc) is 2.47. The fourth-order valence-electron chi connectivity index (χ4n) is 0.648. The number of hydrogen-bond donors (Lipinski definition) is 1. The van der Waals surface area contributed by atoms with Crippen LogP contribution in [0.15, 0.2) is 11.4 Å². The van der Waals surface area contributed by atoms with Gasteiger partial charge < -0.3 is 10.5 Å². The zero-order chi connectivity index (χ0) is 8.97. The number of thiophene rings is 1. The number of carbonyl (C=O) groups is 1. The van der Waals surface area contributed by atoms with Crippen molar-refractivity contribution in [3.63, 3.8) is 0 Å². The summed E-state index contributed by atoms with van der Waals surface area (Å²) in [5.74, 6) is -0.538. The molecule has 4 nitrogen and oxygen atoms in total. The number of carbonyl (C=O) groups excluding carboxylic acids is 1. The molecule has 62 valence electrons. The van der Waals surface area contributed by atoms with E-state index in [9.17, 15) is 4.79 Å². The van der Waals surface area contributed by atoms with Gasteiger partial charge in [-0.15, -0.1) is 11.3 Å². The summed E-state index contributed by atoms with van der Waals surface area (Å²) in [5.41, 5.74) is 5.83. The molecule has 1 aromatic heterocycles. The lowest BCUT2D eigenvalue weighted by atomic mass is 10.4. The number of nitrogens with two attached hydrogens (primary N) is 1. The first-order valence-electron chi connectivity index (χ1n) is 3.12. The summed E-state index contributed by atoms with van der Waals surface area (Å²) in [7, 11) is 0. The summed E-state index contributed by atoms with van der Waals surface area (Å²) in [6.45, 7) is -0.240. The molecule has 0 atom stereocenters. The van der Waals surface area contributed by atoms with Crippen LogP contribution < -0.4 is 5.73 Å². The topological polar surface area (TPSA) is 76.1 Å². The second-order valence-corrected chi connectivity index (χ2v) is 2.86. The van der Waals surface area contributed by atoms with Gasteiger partial charge in [0.1, 0.15) is 10.9 Å². The molecule has 1 aromatic rings. The summed E-state index contributed by atoms with van der Waals surface area (Å²) in [5, 5.41) is 9.82. The van der Waals surface area contributed by atoms with Crippen LogP contribution >= 0.6 is 11.3 Å². The molecule has 0 aliphatic heterocycles. The van der Waals surface area contributed by atoms with E-state index in [2.05, 4.69) is 4.74 Å². The first-order valence-corrected chi connectivity index (χ1v) is 4.00. The number of nitrogen functional groups attached to an aromatic ring is 1. The fourth-order valence-corrected chi connectivity index (χ4v) is 1.36. The van der Waals surface area contributed by atoms with Crippen LogP contribution in [0.3, 0.4) is 0 Å².